The maximum atomic E-state index is 13.3. The van der Waals surface area contributed by atoms with Crippen LogP contribution < -0.4 is 5.32 Å². The highest BCUT2D eigenvalue weighted by molar-refractivity contribution is 5.80. The highest BCUT2D eigenvalue weighted by Crippen LogP contribution is 2.26. The Morgan fingerprint density at radius 3 is 1.59 bits per heavy atom. The van der Waals surface area contributed by atoms with Gasteiger partial charge in [0.1, 0.15) is 24.4 Å². The zero-order chi connectivity index (χ0) is 49.7. The van der Waals surface area contributed by atoms with E-state index in [0.29, 0.717) is 12.8 Å². The van der Waals surface area contributed by atoms with Crippen LogP contribution in [0.1, 0.15) is 201 Å². The fourth-order valence-corrected chi connectivity index (χ4v) is 7.79. The maximum Gasteiger partial charge on any atom is 0.306 e. The summed E-state index contributed by atoms with van der Waals surface area (Å²) in [6, 6.07) is -1.04. The van der Waals surface area contributed by atoms with Gasteiger partial charge >= 0.3 is 5.97 Å². The third kappa shape index (κ3) is 33.4. The van der Waals surface area contributed by atoms with Crippen LogP contribution in [0.3, 0.4) is 0 Å². The van der Waals surface area contributed by atoms with Gasteiger partial charge in [-0.1, -0.05) is 189 Å². The van der Waals surface area contributed by atoms with Crippen molar-refractivity contribution < 1.29 is 49.3 Å². The number of carbonyl (C=O) groups is 2. The molecule has 11 nitrogen and oxygen atoms in total. The lowest BCUT2D eigenvalue weighted by Crippen LogP contribution is -2.61. The van der Waals surface area contributed by atoms with Gasteiger partial charge in [0.25, 0.3) is 0 Å². The molecule has 0 aromatic heterocycles. The minimum atomic E-state index is -1.63. The van der Waals surface area contributed by atoms with E-state index in [9.17, 15) is 35.1 Å². The largest absolute Gasteiger partial charge is 0.454 e. The number of unbranched alkanes of at least 4 members (excludes halogenated alkanes) is 17. The number of amides is 1. The Hall–Kier alpha value is -3.16. The Labute approximate surface area is 413 Å². The molecule has 0 saturated carbocycles. The molecular weight excluding hydrogens is 859 g/mol. The number of ether oxygens (including phenoxy) is 3. The molecule has 8 atom stereocenters. The van der Waals surface area contributed by atoms with Crippen LogP contribution in [0.15, 0.2) is 85.1 Å². The number of hydrogen-bond donors (Lipinski definition) is 6. The summed E-state index contributed by atoms with van der Waals surface area (Å²) in [5.41, 5.74) is 0. The molecule has 0 bridgehead atoms. The van der Waals surface area contributed by atoms with Crippen molar-refractivity contribution in [3.05, 3.63) is 85.1 Å². The highest BCUT2D eigenvalue weighted by atomic mass is 16.7. The van der Waals surface area contributed by atoms with Crippen LogP contribution in [0.25, 0.3) is 0 Å². The third-order valence-electron chi connectivity index (χ3n) is 12.0. The molecule has 11 heteroatoms. The van der Waals surface area contributed by atoms with Gasteiger partial charge in [0.2, 0.25) is 5.91 Å². The van der Waals surface area contributed by atoms with Gasteiger partial charge in [0.05, 0.1) is 25.4 Å². The summed E-state index contributed by atoms with van der Waals surface area (Å²) in [7, 11) is 0. The van der Waals surface area contributed by atoms with E-state index in [1.54, 1.807) is 6.08 Å². The summed E-state index contributed by atoms with van der Waals surface area (Å²) in [6.45, 7) is 5.49. The first-order valence-electron chi connectivity index (χ1n) is 26.9. The average molecular weight is 956 g/mol. The van der Waals surface area contributed by atoms with Gasteiger partial charge in [-0.2, -0.15) is 0 Å². The Kier molecular flexibility index (Phi) is 41.6. The van der Waals surface area contributed by atoms with Crippen molar-refractivity contribution in [2.75, 3.05) is 13.2 Å². The van der Waals surface area contributed by atoms with Gasteiger partial charge in [0, 0.05) is 6.42 Å². The summed E-state index contributed by atoms with van der Waals surface area (Å²) < 4.78 is 17.5. The number of esters is 1. The van der Waals surface area contributed by atoms with Gasteiger partial charge in [-0.3, -0.25) is 9.59 Å². The summed E-state index contributed by atoms with van der Waals surface area (Å²) in [5.74, 6) is -1.25. The molecule has 0 aliphatic carbocycles. The predicted octanol–water partition coefficient (Wildman–Crippen LogP) is 11.4. The molecule has 0 aromatic carbocycles. The molecule has 68 heavy (non-hydrogen) atoms. The first-order chi connectivity index (χ1) is 33.2. The van der Waals surface area contributed by atoms with Crippen molar-refractivity contribution in [1.82, 2.24) is 5.32 Å². The molecule has 6 N–H and O–H groups in total. The fraction of sp³-hybridized carbons (Fsp3) is 0.719. The van der Waals surface area contributed by atoms with Gasteiger partial charge in [-0.25, -0.2) is 0 Å². The fourth-order valence-electron chi connectivity index (χ4n) is 7.79. The van der Waals surface area contributed by atoms with E-state index in [1.165, 1.54) is 44.9 Å². The van der Waals surface area contributed by atoms with Gasteiger partial charge in [-0.05, 0) is 89.9 Å². The molecule has 8 unspecified atom stereocenters. The Morgan fingerprint density at radius 2 is 1.06 bits per heavy atom. The van der Waals surface area contributed by atoms with Gasteiger partial charge < -0.3 is 45.1 Å². The number of carbonyl (C=O) groups excluding carboxylic acids is 2. The Bertz CT molecular complexity index is 1420. The minimum absolute atomic E-state index is 0.0907. The van der Waals surface area contributed by atoms with Crippen LogP contribution in [0.2, 0.25) is 0 Å². The smallest absolute Gasteiger partial charge is 0.306 e. The second-order valence-corrected chi connectivity index (χ2v) is 18.2. The molecule has 1 saturated heterocycles. The number of rotatable bonds is 43. The van der Waals surface area contributed by atoms with Gasteiger partial charge in [-0.15, -0.1) is 0 Å². The van der Waals surface area contributed by atoms with Crippen LogP contribution in [0, 0.1) is 0 Å². The monoisotopic (exact) mass is 956 g/mol. The molecule has 1 aliphatic rings. The number of aliphatic hydroxyl groups is 5. The number of aliphatic hydroxyl groups excluding tert-OH is 5. The molecule has 1 fully saturated rings. The van der Waals surface area contributed by atoms with Crippen LogP contribution in [0.5, 0.6) is 0 Å². The van der Waals surface area contributed by atoms with Gasteiger partial charge in [0.15, 0.2) is 12.4 Å². The summed E-state index contributed by atoms with van der Waals surface area (Å²) in [5, 5.41) is 56.6. The normalized spacial score (nSPS) is 20.6. The zero-order valence-electron chi connectivity index (χ0n) is 42.7. The van der Waals surface area contributed by atoms with Crippen molar-refractivity contribution in [2.45, 2.75) is 250 Å². The third-order valence-corrected chi connectivity index (χ3v) is 12.0. The molecule has 1 rings (SSSR count). The lowest BCUT2D eigenvalue weighted by molar-refractivity contribution is -0.305. The molecule has 0 aromatic rings. The predicted molar refractivity (Wildman–Crippen MR) is 278 cm³/mol. The number of hydrogen-bond acceptors (Lipinski definition) is 10. The molecule has 1 aliphatic heterocycles. The van der Waals surface area contributed by atoms with Crippen molar-refractivity contribution in [2.24, 2.45) is 0 Å². The molecular formula is C57H97NO10. The number of nitrogens with one attached hydrogen (secondary N) is 1. The Morgan fingerprint density at radius 1 is 0.588 bits per heavy atom. The zero-order valence-corrected chi connectivity index (χ0v) is 42.7. The van der Waals surface area contributed by atoms with E-state index in [-0.39, 0.29) is 19.4 Å². The minimum Gasteiger partial charge on any atom is -0.454 e. The Balaban J connectivity index is 2.81. The first-order valence-corrected chi connectivity index (χ1v) is 26.9. The van der Waals surface area contributed by atoms with Crippen molar-refractivity contribution >= 4 is 11.9 Å². The molecule has 0 spiro atoms. The standard InChI is InChI=1S/C57H97NO10/c1-4-7-10-13-16-19-22-25-27-30-33-36-39-42-45-52(62)68-55-54(64)53(63)51(46-59)67-57(55)66-47-48(49(60)43-40-37-34-31-28-24-21-18-15-12-9-6-3)58-56(65)50(61)44-41-38-35-32-29-26-23-20-17-14-11-8-5-2/h7-8,10-11,16-17,19-20,25-27,29,40,43,48-51,53-55,57,59-61,63-64H,4-6,9,12-15,18,21-24,28,30-39,41-42,44-47H2,1-3H3,(H,58,65)/b10-7+,11-8+,19-16+,20-17+,27-25+,29-26+,43-40+. The van der Waals surface area contributed by atoms with E-state index in [1.807, 2.05) is 6.08 Å². The molecule has 390 valence electrons. The lowest BCUT2D eigenvalue weighted by atomic mass is 9.99. The van der Waals surface area contributed by atoms with Crippen LogP contribution in [-0.2, 0) is 23.8 Å². The van der Waals surface area contributed by atoms with E-state index in [2.05, 4.69) is 99.0 Å². The van der Waals surface area contributed by atoms with Crippen molar-refractivity contribution in [3.63, 3.8) is 0 Å². The highest BCUT2D eigenvalue weighted by Gasteiger charge is 2.47. The van der Waals surface area contributed by atoms with E-state index >= 15 is 0 Å². The first kappa shape index (κ1) is 62.9. The van der Waals surface area contributed by atoms with Crippen molar-refractivity contribution in [1.29, 1.82) is 0 Å². The summed E-state index contributed by atoms with van der Waals surface area (Å²) >= 11 is 0. The molecule has 1 heterocycles. The van der Waals surface area contributed by atoms with E-state index in [0.717, 1.165) is 109 Å². The second-order valence-electron chi connectivity index (χ2n) is 18.2. The lowest BCUT2D eigenvalue weighted by Gasteiger charge is -2.41. The van der Waals surface area contributed by atoms with Crippen LogP contribution in [-0.4, -0.2) is 99.6 Å². The van der Waals surface area contributed by atoms with E-state index < -0.39 is 67.4 Å². The molecule has 0 radical (unpaired) electrons. The average Bonchev–Trinajstić information content (AvgIpc) is 3.33. The molecule has 1 amide bonds. The van der Waals surface area contributed by atoms with Crippen LogP contribution >= 0.6 is 0 Å². The second kappa shape index (κ2) is 45.0. The summed E-state index contributed by atoms with van der Waals surface area (Å²) in [6.07, 6.45) is 46.3. The SMILES string of the molecule is CC/C=C/C/C=C/C/C=C/CCCCCCC(=O)OC1C(OCC(NC(=O)C(O)CCCCC/C=C/C/C=C/C/C=C/CC)C(O)/C=C/CCCCCCCCCCCC)OC(CO)C(O)C1O. The number of allylic oxidation sites excluding steroid dienone is 13. The topological polar surface area (TPSA) is 175 Å². The van der Waals surface area contributed by atoms with E-state index in [4.69, 9.17) is 14.2 Å². The maximum absolute atomic E-state index is 13.3. The summed E-state index contributed by atoms with van der Waals surface area (Å²) in [4.78, 5) is 26.4. The quantitative estimate of drug-likeness (QED) is 0.0196. The van der Waals surface area contributed by atoms with Crippen LogP contribution in [0.4, 0.5) is 0 Å². The van der Waals surface area contributed by atoms with Crippen molar-refractivity contribution in [3.8, 4) is 0 Å².